The molecule has 2 unspecified atom stereocenters. The summed E-state index contributed by atoms with van der Waals surface area (Å²) in [6.07, 6.45) is 5.08. The van der Waals surface area contributed by atoms with E-state index < -0.39 is 0 Å². The summed E-state index contributed by atoms with van der Waals surface area (Å²) in [6.45, 7) is 9.01. The van der Waals surface area contributed by atoms with Crippen LogP contribution in [-0.2, 0) is 11.3 Å². The first-order valence-electron chi connectivity index (χ1n) is 6.86. The monoisotopic (exact) mass is 252 g/mol. The maximum atomic E-state index is 6.29. The van der Waals surface area contributed by atoms with E-state index in [1.165, 1.54) is 0 Å². The van der Waals surface area contributed by atoms with Gasteiger partial charge < -0.3 is 10.5 Å². The molecule has 0 bridgehead atoms. The van der Waals surface area contributed by atoms with Gasteiger partial charge in [0.2, 0.25) is 0 Å². The maximum Gasteiger partial charge on any atom is 0.0895 e. The van der Waals surface area contributed by atoms with Crippen LogP contribution in [0.5, 0.6) is 0 Å². The van der Waals surface area contributed by atoms with Crippen molar-refractivity contribution >= 4 is 0 Å². The van der Waals surface area contributed by atoms with E-state index in [0.29, 0.717) is 0 Å². The zero-order valence-corrected chi connectivity index (χ0v) is 11.4. The number of morpholine rings is 1. The minimum Gasteiger partial charge on any atom is -0.374 e. The molecule has 0 aliphatic carbocycles. The van der Waals surface area contributed by atoms with Gasteiger partial charge in [0.25, 0.3) is 0 Å². The number of aryl methyl sites for hydroxylation is 1. The van der Waals surface area contributed by atoms with Gasteiger partial charge in [0.05, 0.1) is 24.9 Å². The van der Waals surface area contributed by atoms with Crippen molar-refractivity contribution < 1.29 is 4.74 Å². The molecule has 1 saturated heterocycles. The van der Waals surface area contributed by atoms with Gasteiger partial charge in [-0.15, -0.1) is 0 Å². The summed E-state index contributed by atoms with van der Waals surface area (Å²) in [5, 5.41) is 4.33. The maximum absolute atomic E-state index is 6.29. The van der Waals surface area contributed by atoms with Crippen LogP contribution < -0.4 is 5.73 Å². The van der Waals surface area contributed by atoms with E-state index in [4.69, 9.17) is 10.5 Å². The summed E-state index contributed by atoms with van der Waals surface area (Å²) in [5.74, 6) is 0. The van der Waals surface area contributed by atoms with Crippen molar-refractivity contribution in [2.45, 2.75) is 39.0 Å². The lowest BCUT2D eigenvalue weighted by molar-refractivity contribution is -0.0392. The third-order valence-corrected chi connectivity index (χ3v) is 3.52. The van der Waals surface area contributed by atoms with Crippen LogP contribution in [0.2, 0.25) is 0 Å². The van der Waals surface area contributed by atoms with Crippen molar-refractivity contribution in [1.29, 1.82) is 0 Å². The Kier molecular flexibility index (Phi) is 4.74. The lowest BCUT2D eigenvalue weighted by Crippen LogP contribution is -2.46. The van der Waals surface area contributed by atoms with Gasteiger partial charge in [-0.3, -0.25) is 9.58 Å². The average Bonchev–Trinajstić information content (AvgIpc) is 2.87. The van der Waals surface area contributed by atoms with Crippen LogP contribution in [0.25, 0.3) is 0 Å². The van der Waals surface area contributed by atoms with Crippen molar-refractivity contribution in [3.63, 3.8) is 0 Å². The molecule has 2 rings (SSSR count). The number of hydrogen-bond donors (Lipinski definition) is 1. The molecule has 0 amide bonds. The van der Waals surface area contributed by atoms with Crippen LogP contribution >= 0.6 is 0 Å². The zero-order valence-electron chi connectivity index (χ0n) is 11.4. The number of aromatic nitrogens is 2. The lowest BCUT2D eigenvalue weighted by Gasteiger charge is -2.34. The van der Waals surface area contributed by atoms with Crippen LogP contribution in [0.4, 0.5) is 0 Å². The summed E-state index contributed by atoms with van der Waals surface area (Å²) >= 11 is 0. The molecule has 2 atom stereocenters. The number of ether oxygens (including phenoxy) is 1. The number of rotatable bonds is 5. The topological polar surface area (TPSA) is 56.3 Å². The summed E-state index contributed by atoms with van der Waals surface area (Å²) in [7, 11) is 0. The molecule has 2 heterocycles. The Labute approximate surface area is 109 Å². The Hall–Kier alpha value is -0.910. The minimum atomic E-state index is -0.0787. The predicted molar refractivity (Wildman–Crippen MR) is 71.3 cm³/mol. The zero-order chi connectivity index (χ0) is 13.0. The second-order valence-corrected chi connectivity index (χ2v) is 4.86. The Balaban J connectivity index is 1.98. The molecular weight excluding hydrogens is 228 g/mol. The lowest BCUT2D eigenvalue weighted by atomic mass is 10.0. The summed E-state index contributed by atoms with van der Waals surface area (Å²) in [6, 6.07) is -0.0787. The molecule has 1 fully saturated rings. The van der Waals surface area contributed by atoms with Crippen LogP contribution in [0, 0.1) is 0 Å². The predicted octanol–water partition coefficient (Wildman–Crippen LogP) is 1.01. The first-order valence-corrected chi connectivity index (χ1v) is 6.86. The van der Waals surface area contributed by atoms with Gasteiger partial charge >= 0.3 is 0 Å². The third-order valence-electron chi connectivity index (χ3n) is 3.52. The molecule has 1 aliphatic rings. The molecule has 1 aromatic rings. The van der Waals surface area contributed by atoms with E-state index in [1.54, 1.807) is 0 Å². The molecule has 2 N–H and O–H groups in total. The van der Waals surface area contributed by atoms with Crippen LogP contribution in [0.15, 0.2) is 12.4 Å². The van der Waals surface area contributed by atoms with Crippen molar-refractivity contribution in [2.24, 2.45) is 5.73 Å². The number of hydrogen-bond acceptors (Lipinski definition) is 4. The van der Waals surface area contributed by atoms with E-state index >= 15 is 0 Å². The fourth-order valence-corrected chi connectivity index (χ4v) is 2.35. The highest BCUT2D eigenvalue weighted by Crippen LogP contribution is 2.19. The van der Waals surface area contributed by atoms with E-state index in [1.807, 2.05) is 17.1 Å². The molecule has 5 nitrogen and oxygen atoms in total. The Morgan fingerprint density at radius 3 is 3.11 bits per heavy atom. The molecule has 0 radical (unpaired) electrons. The van der Waals surface area contributed by atoms with Gasteiger partial charge in [0.15, 0.2) is 0 Å². The van der Waals surface area contributed by atoms with Crippen LogP contribution in [0.1, 0.15) is 31.9 Å². The molecule has 102 valence electrons. The summed E-state index contributed by atoms with van der Waals surface area (Å²) < 4.78 is 7.75. The summed E-state index contributed by atoms with van der Waals surface area (Å²) in [5.41, 5.74) is 7.37. The molecule has 18 heavy (non-hydrogen) atoms. The molecule has 5 heteroatoms. The first-order chi connectivity index (χ1) is 8.74. The second kappa shape index (κ2) is 6.31. The third kappa shape index (κ3) is 3.10. The van der Waals surface area contributed by atoms with E-state index in [0.717, 1.165) is 44.8 Å². The van der Waals surface area contributed by atoms with Crippen molar-refractivity contribution in [1.82, 2.24) is 14.7 Å². The largest absolute Gasteiger partial charge is 0.374 e. The van der Waals surface area contributed by atoms with E-state index in [-0.39, 0.29) is 12.1 Å². The van der Waals surface area contributed by atoms with Crippen LogP contribution in [0.3, 0.4) is 0 Å². The highest BCUT2D eigenvalue weighted by Gasteiger charge is 2.26. The highest BCUT2D eigenvalue weighted by atomic mass is 16.5. The number of nitrogens with two attached hydrogens (primary N) is 1. The molecule has 0 spiro atoms. The fraction of sp³-hybridized carbons (Fsp3) is 0.769. The summed E-state index contributed by atoms with van der Waals surface area (Å²) in [4.78, 5) is 2.38. The van der Waals surface area contributed by atoms with Gasteiger partial charge in [0.1, 0.15) is 0 Å². The standard InChI is InChI=1S/C13H24N4O/c1-3-5-17-9-11(8-15-17)13(14)12-10-16(4-2)6-7-18-12/h8-9,12-13H,3-7,10,14H2,1-2H3. The van der Waals surface area contributed by atoms with Gasteiger partial charge in [-0.05, 0) is 13.0 Å². The first kappa shape index (κ1) is 13.5. The SMILES string of the molecule is CCCn1cc(C(N)C2CN(CC)CCO2)cn1. The van der Waals surface area contributed by atoms with Gasteiger partial charge in [-0.2, -0.15) is 5.10 Å². The molecule has 0 saturated carbocycles. The molecule has 1 aromatic heterocycles. The molecule has 1 aliphatic heterocycles. The minimum absolute atomic E-state index is 0.0787. The average molecular weight is 252 g/mol. The van der Waals surface area contributed by atoms with E-state index in [9.17, 15) is 0 Å². The quantitative estimate of drug-likeness (QED) is 0.850. The Morgan fingerprint density at radius 2 is 2.39 bits per heavy atom. The Morgan fingerprint density at radius 1 is 1.56 bits per heavy atom. The second-order valence-electron chi connectivity index (χ2n) is 4.86. The highest BCUT2D eigenvalue weighted by molar-refractivity contribution is 5.12. The van der Waals surface area contributed by atoms with Gasteiger partial charge in [-0.25, -0.2) is 0 Å². The fourth-order valence-electron chi connectivity index (χ4n) is 2.35. The Bertz CT molecular complexity index is 366. The normalized spacial score (nSPS) is 23.2. The number of nitrogens with zero attached hydrogens (tertiary/aromatic N) is 3. The van der Waals surface area contributed by atoms with Gasteiger partial charge in [0, 0.05) is 31.4 Å². The van der Waals surface area contributed by atoms with Crippen molar-refractivity contribution in [3.8, 4) is 0 Å². The number of likely N-dealkylation sites (N-methyl/N-ethyl adjacent to an activating group) is 1. The smallest absolute Gasteiger partial charge is 0.0895 e. The molecular formula is C13H24N4O. The van der Waals surface area contributed by atoms with Gasteiger partial charge in [-0.1, -0.05) is 13.8 Å². The molecule has 0 aromatic carbocycles. The van der Waals surface area contributed by atoms with E-state index in [2.05, 4.69) is 23.8 Å². The van der Waals surface area contributed by atoms with Crippen molar-refractivity contribution in [2.75, 3.05) is 26.2 Å². The van der Waals surface area contributed by atoms with Crippen LogP contribution in [-0.4, -0.2) is 47.0 Å². The van der Waals surface area contributed by atoms with Crippen molar-refractivity contribution in [3.05, 3.63) is 18.0 Å².